The number of hydrogen-bond acceptors (Lipinski definition) is 4. The number of halogens is 4. The zero-order valence-corrected chi connectivity index (χ0v) is 10.5. The average Bonchev–Trinajstić information content (AvgIpc) is 2.11. The van der Waals surface area contributed by atoms with Gasteiger partial charge in [0.05, 0.1) is 0 Å². The highest BCUT2D eigenvalue weighted by Crippen LogP contribution is 2.14. The Labute approximate surface area is 106 Å². The van der Waals surface area contributed by atoms with Gasteiger partial charge in [-0.2, -0.15) is 26.3 Å². The fourth-order valence-electron chi connectivity index (χ4n) is 0.909. The lowest BCUT2D eigenvalue weighted by molar-refractivity contribution is -0.121. The van der Waals surface area contributed by atoms with Crippen LogP contribution < -0.4 is 9.44 Å². The van der Waals surface area contributed by atoms with Crippen molar-refractivity contribution in [2.24, 2.45) is 0 Å². The Bertz CT molecular complexity index is 514. The number of anilines is 1. The van der Waals surface area contributed by atoms with Crippen LogP contribution in [-0.4, -0.2) is 31.1 Å². The summed E-state index contributed by atoms with van der Waals surface area (Å²) < 4.78 is 61.0. The summed E-state index contributed by atoms with van der Waals surface area (Å²) in [7, 11) is -4.40. The fourth-order valence-corrected chi connectivity index (χ4v) is 1.90. The van der Waals surface area contributed by atoms with Gasteiger partial charge in [-0.15, -0.1) is 0 Å². The van der Waals surface area contributed by atoms with E-state index in [1.807, 2.05) is 0 Å². The van der Waals surface area contributed by atoms with E-state index in [4.69, 9.17) is 11.6 Å². The molecule has 0 radical (unpaired) electrons. The van der Waals surface area contributed by atoms with E-state index in [-0.39, 0.29) is 5.15 Å². The molecule has 18 heavy (non-hydrogen) atoms. The normalized spacial score (nSPS) is 12.5. The van der Waals surface area contributed by atoms with Crippen molar-refractivity contribution in [2.45, 2.75) is 13.1 Å². The van der Waals surface area contributed by atoms with Crippen molar-refractivity contribution in [3.63, 3.8) is 0 Å². The van der Waals surface area contributed by atoms with E-state index in [0.717, 1.165) is 0 Å². The van der Waals surface area contributed by atoms with Crippen molar-refractivity contribution < 1.29 is 21.6 Å². The van der Waals surface area contributed by atoms with Crippen LogP contribution in [-0.2, 0) is 10.2 Å². The molecule has 102 valence electrons. The van der Waals surface area contributed by atoms with E-state index in [2.05, 4.69) is 9.97 Å². The lowest BCUT2D eigenvalue weighted by Crippen LogP contribution is -2.37. The number of aryl methyl sites for hydroxylation is 1. The molecule has 0 aliphatic rings. The molecule has 0 spiro atoms. The van der Waals surface area contributed by atoms with Crippen LogP contribution in [0.15, 0.2) is 6.07 Å². The Morgan fingerprint density at radius 1 is 1.39 bits per heavy atom. The molecule has 0 saturated heterocycles. The van der Waals surface area contributed by atoms with Crippen molar-refractivity contribution in [1.29, 1.82) is 0 Å². The van der Waals surface area contributed by atoms with Crippen molar-refractivity contribution in [3.8, 4) is 0 Å². The van der Waals surface area contributed by atoms with Gasteiger partial charge >= 0.3 is 16.4 Å². The van der Waals surface area contributed by atoms with Gasteiger partial charge in [-0.1, -0.05) is 11.6 Å². The maximum Gasteiger partial charge on any atom is 0.402 e. The molecular weight excluding hydrogens is 297 g/mol. The molecular formula is C7H8ClF3N4O2S. The Morgan fingerprint density at radius 2 is 2.00 bits per heavy atom. The Balaban J connectivity index is 2.76. The molecule has 6 nitrogen and oxygen atoms in total. The van der Waals surface area contributed by atoms with Gasteiger partial charge in [-0.25, -0.2) is 14.7 Å². The molecule has 0 bridgehead atoms. The molecule has 0 aromatic carbocycles. The second kappa shape index (κ2) is 5.24. The predicted molar refractivity (Wildman–Crippen MR) is 58.4 cm³/mol. The van der Waals surface area contributed by atoms with Crippen LogP contribution >= 0.6 is 11.6 Å². The molecule has 0 unspecified atom stereocenters. The zero-order valence-electron chi connectivity index (χ0n) is 8.92. The van der Waals surface area contributed by atoms with Crippen LogP contribution in [0.2, 0.25) is 5.15 Å². The summed E-state index contributed by atoms with van der Waals surface area (Å²) in [5.74, 6) is -0.408. The third kappa shape index (κ3) is 5.47. The summed E-state index contributed by atoms with van der Waals surface area (Å²) in [5, 5.41) is -0.0315. The number of rotatable bonds is 4. The van der Waals surface area contributed by atoms with E-state index in [9.17, 15) is 21.6 Å². The number of aromatic nitrogens is 2. The van der Waals surface area contributed by atoms with Gasteiger partial charge in [0.15, 0.2) is 0 Å². The monoisotopic (exact) mass is 304 g/mol. The maximum absolute atomic E-state index is 11.8. The minimum atomic E-state index is -4.65. The standard InChI is InChI=1S/C7H8ClF3N4O2S/c1-4-2-5(8)14-6(13-4)15-18(16,17)12-3-7(9,10)11/h2,12H,3H2,1H3,(H,13,14,15). The lowest BCUT2D eigenvalue weighted by atomic mass is 10.5. The first kappa shape index (κ1) is 14.9. The predicted octanol–water partition coefficient (Wildman–Crippen LogP) is 1.25. The highest BCUT2D eigenvalue weighted by atomic mass is 35.5. The molecule has 1 rings (SSSR count). The molecule has 0 saturated carbocycles. The highest BCUT2D eigenvalue weighted by Gasteiger charge is 2.29. The van der Waals surface area contributed by atoms with Gasteiger partial charge in [0, 0.05) is 5.69 Å². The van der Waals surface area contributed by atoms with Gasteiger partial charge < -0.3 is 0 Å². The number of alkyl halides is 3. The molecule has 0 amide bonds. The van der Waals surface area contributed by atoms with E-state index in [0.29, 0.717) is 5.69 Å². The highest BCUT2D eigenvalue weighted by molar-refractivity contribution is 7.90. The van der Waals surface area contributed by atoms with Gasteiger partial charge in [-0.05, 0) is 13.0 Å². The van der Waals surface area contributed by atoms with E-state index in [1.54, 1.807) is 4.72 Å². The molecule has 0 aliphatic heterocycles. The molecule has 11 heteroatoms. The van der Waals surface area contributed by atoms with Crippen molar-refractivity contribution in [1.82, 2.24) is 14.7 Å². The summed E-state index contributed by atoms with van der Waals surface area (Å²) in [6.07, 6.45) is -4.65. The second-order valence-electron chi connectivity index (χ2n) is 3.20. The summed E-state index contributed by atoms with van der Waals surface area (Å²) >= 11 is 5.54. The van der Waals surface area contributed by atoms with Crippen molar-refractivity contribution >= 4 is 27.8 Å². The lowest BCUT2D eigenvalue weighted by Gasteiger charge is -2.10. The van der Waals surface area contributed by atoms with E-state index >= 15 is 0 Å². The van der Waals surface area contributed by atoms with Crippen LogP contribution in [0.4, 0.5) is 19.1 Å². The molecule has 1 aromatic rings. The molecule has 1 aromatic heterocycles. The first-order chi connectivity index (χ1) is 8.07. The van der Waals surface area contributed by atoms with Crippen LogP contribution in [0.3, 0.4) is 0 Å². The number of nitrogens with zero attached hydrogens (tertiary/aromatic N) is 2. The Morgan fingerprint density at radius 3 is 2.50 bits per heavy atom. The SMILES string of the molecule is Cc1cc(Cl)nc(NS(=O)(=O)NCC(F)(F)F)n1. The summed E-state index contributed by atoms with van der Waals surface area (Å²) in [5.41, 5.74) is 0.364. The minimum absolute atomic E-state index is 0.0315. The van der Waals surface area contributed by atoms with Gasteiger partial charge in [0.25, 0.3) is 0 Å². The van der Waals surface area contributed by atoms with Crippen molar-refractivity contribution in [2.75, 3.05) is 11.3 Å². The molecule has 2 N–H and O–H groups in total. The summed E-state index contributed by atoms with van der Waals surface area (Å²) in [6, 6.07) is 1.36. The van der Waals surface area contributed by atoms with Crippen LogP contribution in [0.5, 0.6) is 0 Å². The van der Waals surface area contributed by atoms with Crippen LogP contribution in [0, 0.1) is 6.92 Å². The Hall–Kier alpha value is -1.13. The van der Waals surface area contributed by atoms with Gasteiger partial charge in [0.1, 0.15) is 11.7 Å². The third-order valence-electron chi connectivity index (χ3n) is 1.51. The smallest absolute Gasteiger partial charge is 0.238 e. The van der Waals surface area contributed by atoms with E-state index < -0.39 is 28.9 Å². The van der Waals surface area contributed by atoms with Gasteiger partial charge in [-0.3, -0.25) is 0 Å². The number of nitrogens with one attached hydrogen (secondary N) is 2. The second-order valence-corrected chi connectivity index (χ2v) is 5.08. The molecule has 0 aliphatic carbocycles. The quantitative estimate of drug-likeness (QED) is 0.820. The third-order valence-corrected chi connectivity index (χ3v) is 2.68. The molecule has 0 atom stereocenters. The fraction of sp³-hybridized carbons (Fsp3) is 0.429. The summed E-state index contributed by atoms with van der Waals surface area (Å²) in [6.45, 7) is -0.170. The van der Waals surface area contributed by atoms with Gasteiger partial charge in [0.2, 0.25) is 5.95 Å². The Kier molecular flexibility index (Phi) is 4.35. The number of hydrogen-bond donors (Lipinski definition) is 2. The largest absolute Gasteiger partial charge is 0.402 e. The first-order valence-corrected chi connectivity index (χ1v) is 6.29. The average molecular weight is 305 g/mol. The maximum atomic E-state index is 11.8. The van der Waals surface area contributed by atoms with Crippen LogP contribution in [0.1, 0.15) is 5.69 Å². The van der Waals surface area contributed by atoms with E-state index in [1.165, 1.54) is 17.7 Å². The first-order valence-electron chi connectivity index (χ1n) is 4.43. The zero-order chi connectivity index (χ0) is 14.0. The van der Waals surface area contributed by atoms with Crippen molar-refractivity contribution in [3.05, 3.63) is 16.9 Å². The topological polar surface area (TPSA) is 84.0 Å². The minimum Gasteiger partial charge on any atom is -0.238 e. The van der Waals surface area contributed by atoms with Crippen LogP contribution in [0.25, 0.3) is 0 Å². The summed E-state index contributed by atoms with van der Waals surface area (Å²) in [4.78, 5) is 7.16. The molecule has 1 heterocycles. The molecule has 0 fully saturated rings.